The van der Waals surface area contributed by atoms with Gasteiger partial charge in [0.1, 0.15) is 18.0 Å². The van der Waals surface area contributed by atoms with Crippen molar-refractivity contribution in [3.63, 3.8) is 0 Å². The lowest BCUT2D eigenvalue weighted by atomic mass is 9.87. The third-order valence-corrected chi connectivity index (χ3v) is 3.77. The standard InChI is InChI=1S/C15H28N4/c1-8-9-16-13-11(2)14(18-10-17-13)19(7)12(3)15(4,5)6/h10,12H,8-9H2,1-7H3,(H,16,17,18). The smallest absolute Gasteiger partial charge is 0.137 e. The van der Waals surface area contributed by atoms with Crippen LogP contribution in [0.2, 0.25) is 0 Å². The molecule has 0 bridgehead atoms. The van der Waals surface area contributed by atoms with E-state index in [1.54, 1.807) is 6.33 Å². The summed E-state index contributed by atoms with van der Waals surface area (Å²) in [6.07, 6.45) is 2.74. The predicted molar refractivity (Wildman–Crippen MR) is 82.9 cm³/mol. The maximum atomic E-state index is 4.46. The summed E-state index contributed by atoms with van der Waals surface area (Å²) >= 11 is 0. The van der Waals surface area contributed by atoms with Gasteiger partial charge in [-0.05, 0) is 25.7 Å². The van der Waals surface area contributed by atoms with Crippen LogP contribution in [0.3, 0.4) is 0 Å². The van der Waals surface area contributed by atoms with Crippen molar-refractivity contribution in [3.8, 4) is 0 Å². The van der Waals surface area contributed by atoms with Crippen LogP contribution in [0, 0.1) is 12.3 Å². The summed E-state index contributed by atoms with van der Waals surface area (Å²) in [6.45, 7) is 14.2. The number of nitrogens with zero attached hydrogens (tertiary/aromatic N) is 3. The van der Waals surface area contributed by atoms with Gasteiger partial charge in [-0.15, -0.1) is 0 Å². The van der Waals surface area contributed by atoms with Gasteiger partial charge in [-0.25, -0.2) is 9.97 Å². The van der Waals surface area contributed by atoms with Crippen LogP contribution < -0.4 is 10.2 Å². The molecule has 1 unspecified atom stereocenters. The van der Waals surface area contributed by atoms with Crippen LogP contribution >= 0.6 is 0 Å². The summed E-state index contributed by atoms with van der Waals surface area (Å²) < 4.78 is 0. The van der Waals surface area contributed by atoms with Gasteiger partial charge in [0.15, 0.2) is 0 Å². The minimum Gasteiger partial charge on any atom is -0.370 e. The van der Waals surface area contributed by atoms with Crippen LogP contribution in [-0.2, 0) is 0 Å². The average molecular weight is 264 g/mol. The van der Waals surface area contributed by atoms with E-state index in [2.05, 4.69) is 68.8 Å². The van der Waals surface area contributed by atoms with Gasteiger partial charge in [0.05, 0.1) is 0 Å². The second-order valence-corrected chi connectivity index (χ2v) is 6.25. The van der Waals surface area contributed by atoms with Crippen LogP contribution in [0.5, 0.6) is 0 Å². The van der Waals surface area contributed by atoms with Gasteiger partial charge in [0.25, 0.3) is 0 Å². The summed E-state index contributed by atoms with van der Waals surface area (Å²) in [7, 11) is 2.11. The van der Waals surface area contributed by atoms with E-state index in [0.29, 0.717) is 6.04 Å². The molecule has 1 aromatic rings. The molecule has 1 N–H and O–H groups in total. The molecule has 108 valence electrons. The van der Waals surface area contributed by atoms with Crippen LogP contribution in [0.25, 0.3) is 0 Å². The first-order valence-corrected chi connectivity index (χ1v) is 7.07. The molecule has 1 heterocycles. The van der Waals surface area contributed by atoms with E-state index < -0.39 is 0 Å². The first-order valence-electron chi connectivity index (χ1n) is 7.07. The first kappa shape index (κ1) is 15.7. The van der Waals surface area contributed by atoms with Gasteiger partial charge >= 0.3 is 0 Å². The number of nitrogens with one attached hydrogen (secondary N) is 1. The van der Waals surface area contributed by atoms with E-state index in [0.717, 1.165) is 30.2 Å². The number of anilines is 2. The molecule has 0 radical (unpaired) electrons. The second-order valence-electron chi connectivity index (χ2n) is 6.25. The zero-order valence-corrected chi connectivity index (χ0v) is 13.4. The molecule has 1 atom stereocenters. The molecule has 0 saturated heterocycles. The van der Waals surface area contributed by atoms with E-state index in [-0.39, 0.29) is 5.41 Å². The van der Waals surface area contributed by atoms with E-state index in [1.165, 1.54) is 0 Å². The highest BCUT2D eigenvalue weighted by Crippen LogP contribution is 2.29. The lowest BCUT2D eigenvalue weighted by Gasteiger charge is -2.36. The molecule has 0 amide bonds. The quantitative estimate of drug-likeness (QED) is 0.884. The highest BCUT2D eigenvalue weighted by atomic mass is 15.2. The Morgan fingerprint density at radius 3 is 2.47 bits per heavy atom. The Kier molecular flexibility index (Phi) is 5.15. The molecule has 0 aromatic carbocycles. The van der Waals surface area contributed by atoms with Crippen molar-refractivity contribution in [2.75, 3.05) is 23.8 Å². The fourth-order valence-electron chi connectivity index (χ4n) is 1.98. The number of aromatic nitrogens is 2. The summed E-state index contributed by atoms with van der Waals surface area (Å²) in [5.74, 6) is 1.95. The fraction of sp³-hybridized carbons (Fsp3) is 0.733. The highest BCUT2D eigenvalue weighted by molar-refractivity contribution is 5.58. The Balaban J connectivity index is 3.00. The minimum absolute atomic E-state index is 0.211. The molecular weight excluding hydrogens is 236 g/mol. The van der Waals surface area contributed by atoms with Crippen LogP contribution in [0.4, 0.5) is 11.6 Å². The van der Waals surface area contributed by atoms with Gasteiger partial charge in [0, 0.05) is 25.2 Å². The first-order chi connectivity index (χ1) is 8.79. The summed E-state index contributed by atoms with van der Waals surface area (Å²) in [4.78, 5) is 11.0. The molecule has 4 nitrogen and oxygen atoms in total. The van der Waals surface area contributed by atoms with Gasteiger partial charge < -0.3 is 10.2 Å². The Morgan fingerprint density at radius 2 is 1.95 bits per heavy atom. The van der Waals surface area contributed by atoms with Crippen molar-refractivity contribution in [1.82, 2.24) is 9.97 Å². The molecule has 1 aromatic heterocycles. The maximum Gasteiger partial charge on any atom is 0.137 e. The number of rotatable bonds is 5. The largest absolute Gasteiger partial charge is 0.370 e. The van der Waals surface area contributed by atoms with Crippen molar-refractivity contribution in [2.45, 2.75) is 54.0 Å². The third kappa shape index (κ3) is 3.82. The van der Waals surface area contributed by atoms with E-state index in [4.69, 9.17) is 0 Å². The van der Waals surface area contributed by atoms with E-state index in [1.807, 2.05) is 0 Å². The van der Waals surface area contributed by atoms with Crippen molar-refractivity contribution >= 4 is 11.6 Å². The second kappa shape index (κ2) is 6.22. The molecule has 0 fully saturated rings. The molecule has 0 spiro atoms. The topological polar surface area (TPSA) is 41.1 Å². The zero-order chi connectivity index (χ0) is 14.6. The molecule has 0 aliphatic rings. The Labute approximate surface area is 117 Å². The average Bonchev–Trinajstić information content (AvgIpc) is 2.35. The number of hydrogen-bond donors (Lipinski definition) is 1. The lowest BCUT2D eigenvalue weighted by Crippen LogP contribution is -2.40. The van der Waals surface area contributed by atoms with Crippen molar-refractivity contribution < 1.29 is 0 Å². The molecule has 4 heteroatoms. The lowest BCUT2D eigenvalue weighted by molar-refractivity contribution is 0.328. The van der Waals surface area contributed by atoms with Crippen LogP contribution in [-0.4, -0.2) is 29.6 Å². The van der Waals surface area contributed by atoms with Gasteiger partial charge in [-0.1, -0.05) is 27.7 Å². The molecule has 1 rings (SSSR count). The Morgan fingerprint density at radius 1 is 1.32 bits per heavy atom. The van der Waals surface area contributed by atoms with Crippen LogP contribution in [0.15, 0.2) is 6.33 Å². The van der Waals surface area contributed by atoms with Crippen LogP contribution in [0.1, 0.15) is 46.6 Å². The summed E-state index contributed by atoms with van der Waals surface area (Å²) in [5, 5.41) is 3.36. The Hall–Kier alpha value is -1.32. The summed E-state index contributed by atoms with van der Waals surface area (Å²) in [6, 6.07) is 0.403. The monoisotopic (exact) mass is 264 g/mol. The molecular formula is C15H28N4. The molecule has 0 saturated carbocycles. The molecule has 19 heavy (non-hydrogen) atoms. The minimum atomic E-state index is 0.211. The Bertz CT molecular complexity index is 409. The fourth-order valence-corrected chi connectivity index (χ4v) is 1.98. The number of hydrogen-bond acceptors (Lipinski definition) is 4. The predicted octanol–water partition coefficient (Wildman–Crippen LogP) is 3.48. The third-order valence-electron chi connectivity index (χ3n) is 3.77. The SMILES string of the molecule is CCCNc1ncnc(N(C)C(C)C(C)(C)C)c1C. The van der Waals surface area contributed by atoms with Crippen molar-refractivity contribution in [2.24, 2.45) is 5.41 Å². The molecule has 0 aliphatic heterocycles. The summed E-state index contributed by atoms with van der Waals surface area (Å²) in [5.41, 5.74) is 1.33. The van der Waals surface area contributed by atoms with Crippen molar-refractivity contribution in [3.05, 3.63) is 11.9 Å². The highest BCUT2D eigenvalue weighted by Gasteiger charge is 2.26. The van der Waals surface area contributed by atoms with E-state index >= 15 is 0 Å². The normalized spacial score (nSPS) is 13.2. The van der Waals surface area contributed by atoms with Gasteiger partial charge in [0.2, 0.25) is 0 Å². The molecule has 0 aliphatic carbocycles. The van der Waals surface area contributed by atoms with Gasteiger partial charge in [-0.3, -0.25) is 0 Å². The maximum absolute atomic E-state index is 4.46. The zero-order valence-electron chi connectivity index (χ0n) is 13.4. The van der Waals surface area contributed by atoms with E-state index in [9.17, 15) is 0 Å². The van der Waals surface area contributed by atoms with Crippen molar-refractivity contribution in [1.29, 1.82) is 0 Å². The van der Waals surface area contributed by atoms with Gasteiger partial charge in [-0.2, -0.15) is 0 Å².